The van der Waals surface area contributed by atoms with Gasteiger partial charge in [-0.05, 0) is 26.3 Å². The van der Waals surface area contributed by atoms with Crippen molar-refractivity contribution in [3.8, 4) is 5.75 Å². The molecule has 0 saturated carbocycles. The van der Waals surface area contributed by atoms with Gasteiger partial charge in [0.15, 0.2) is 0 Å². The van der Waals surface area contributed by atoms with Gasteiger partial charge in [-0.3, -0.25) is 13.8 Å². The summed E-state index contributed by atoms with van der Waals surface area (Å²) in [5.74, 6) is -0.0324. The number of anilines is 1. The van der Waals surface area contributed by atoms with Gasteiger partial charge in [-0.25, -0.2) is 9.24 Å². The lowest BCUT2D eigenvalue weighted by Gasteiger charge is -2.40. The number of hydrogen-bond donors (Lipinski definition) is 2. The molecule has 3 N–H and O–H groups in total. The first-order valence-corrected chi connectivity index (χ1v) is 11.3. The molecule has 2 rings (SSSR count). The summed E-state index contributed by atoms with van der Waals surface area (Å²) in [6.45, 7) is 4.77. The molecule has 0 aliphatic carbocycles. The Hall–Kier alpha value is -1.35. The zero-order chi connectivity index (χ0) is 21.6. The Morgan fingerprint density at radius 3 is 2.52 bits per heavy atom. The molecule has 1 aromatic carbocycles. The van der Waals surface area contributed by atoms with Gasteiger partial charge in [-0.1, -0.05) is 11.6 Å². The molecule has 1 saturated heterocycles. The number of carbonyl (C=O) groups excluding carboxylic acids is 1. The second-order valence-electron chi connectivity index (χ2n) is 6.43. The average molecular weight is 450 g/mol. The third kappa shape index (κ3) is 5.63. The summed E-state index contributed by atoms with van der Waals surface area (Å²) < 4.78 is 36.3. The Labute approximate surface area is 176 Å². The standard InChI is InChI=1S/C18H29ClN3O6P/c1-5-27-29(24,28-6-2)22-8-7-15(17(11-22)26-4)21-18(23)12-9-13(19)14(20)10-16(12)25-3/h9-10,15,17H,5-8,11,20H2,1-4H3,(H,21,23). The fraction of sp³-hybridized carbons (Fsp3) is 0.611. The summed E-state index contributed by atoms with van der Waals surface area (Å²) in [5, 5.41) is 3.22. The van der Waals surface area contributed by atoms with E-state index in [-0.39, 0.29) is 35.7 Å². The normalized spacial score (nSPS) is 20.4. The highest BCUT2D eigenvalue weighted by Gasteiger charge is 2.41. The van der Waals surface area contributed by atoms with Crippen molar-refractivity contribution in [2.75, 3.05) is 46.3 Å². The smallest absolute Gasteiger partial charge is 0.408 e. The number of methoxy groups -OCH3 is 2. The van der Waals surface area contributed by atoms with E-state index in [9.17, 15) is 9.36 Å². The Morgan fingerprint density at radius 2 is 1.97 bits per heavy atom. The minimum Gasteiger partial charge on any atom is -0.496 e. The van der Waals surface area contributed by atoms with Crippen LogP contribution in [0, 0.1) is 0 Å². The van der Waals surface area contributed by atoms with E-state index in [4.69, 9.17) is 35.9 Å². The zero-order valence-corrected chi connectivity index (χ0v) is 18.8. The molecule has 164 valence electrons. The van der Waals surface area contributed by atoms with Gasteiger partial charge in [0.2, 0.25) is 0 Å². The minimum absolute atomic E-state index is 0.267. The molecular weight excluding hydrogens is 421 g/mol. The molecule has 0 aromatic heterocycles. The number of nitrogens with one attached hydrogen (secondary N) is 1. The van der Waals surface area contributed by atoms with Gasteiger partial charge in [0.25, 0.3) is 5.91 Å². The van der Waals surface area contributed by atoms with Gasteiger partial charge in [-0.15, -0.1) is 0 Å². The SMILES string of the molecule is CCOP(=O)(OCC)N1CCC(NC(=O)c2cc(Cl)c(N)cc2OC)C(OC)C1. The van der Waals surface area contributed by atoms with E-state index in [2.05, 4.69) is 5.32 Å². The highest BCUT2D eigenvalue weighted by atomic mass is 35.5. The number of benzene rings is 1. The number of nitrogens with zero attached hydrogens (tertiary/aromatic N) is 1. The van der Waals surface area contributed by atoms with Crippen molar-refractivity contribution in [1.82, 2.24) is 9.99 Å². The number of ether oxygens (including phenoxy) is 2. The van der Waals surface area contributed by atoms with Crippen molar-refractivity contribution >= 4 is 30.9 Å². The molecule has 0 spiro atoms. The van der Waals surface area contributed by atoms with Gasteiger partial charge < -0.3 is 20.5 Å². The Kier molecular flexibility index (Phi) is 8.75. The summed E-state index contributed by atoms with van der Waals surface area (Å²) in [7, 11) is -0.404. The van der Waals surface area contributed by atoms with E-state index >= 15 is 0 Å². The summed E-state index contributed by atoms with van der Waals surface area (Å²) in [6, 6.07) is 2.68. The number of piperidine rings is 1. The Balaban J connectivity index is 2.14. The number of amides is 1. The fourth-order valence-corrected chi connectivity index (χ4v) is 5.15. The van der Waals surface area contributed by atoms with Crippen LogP contribution in [0.4, 0.5) is 5.69 Å². The summed E-state index contributed by atoms with van der Waals surface area (Å²) in [5.41, 5.74) is 6.38. The van der Waals surface area contributed by atoms with Gasteiger partial charge in [0.05, 0.1) is 48.7 Å². The van der Waals surface area contributed by atoms with E-state index < -0.39 is 13.9 Å². The number of rotatable bonds is 9. The lowest BCUT2D eigenvalue weighted by atomic mass is 10.0. The van der Waals surface area contributed by atoms with Gasteiger partial charge in [0, 0.05) is 26.3 Å². The number of halogens is 1. The van der Waals surface area contributed by atoms with Crippen LogP contribution in [0.5, 0.6) is 5.75 Å². The molecule has 9 nitrogen and oxygen atoms in total. The van der Waals surface area contributed by atoms with Crippen LogP contribution in [-0.2, 0) is 18.3 Å². The summed E-state index contributed by atoms with van der Waals surface area (Å²) in [4.78, 5) is 12.8. The number of carbonyl (C=O) groups is 1. The third-order valence-corrected chi connectivity index (χ3v) is 7.20. The lowest BCUT2D eigenvalue weighted by Crippen LogP contribution is -2.54. The molecule has 1 aromatic rings. The predicted molar refractivity (Wildman–Crippen MR) is 112 cm³/mol. The average Bonchev–Trinajstić information content (AvgIpc) is 2.70. The summed E-state index contributed by atoms with van der Waals surface area (Å²) >= 11 is 6.06. The summed E-state index contributed by atoms with van der Waals surface area (Å²) in [6.07, 6.45) is 0.0940. The van der Waals surface area contributed by atoms with Crippen LogP contribution in [0.2, 0.25) is 5.02 Å². The van der Waals surface area contributed by atoms with Gasteiger partial charge in [0.1, 0.15) is 5.75 Å². The lowest BCUT2D eigenvalue weighted by molar-refractivity contribution is 0.0175. The highest BCUT2D eigenvalue weighted by Crippen LogP contribution is 2.53. The molecular formula is C18H29ClN3O6P. The van der Waals surface area contributed by atoms with Crippen LogP contribution in [0.3, 0.4) is 0 Å². The second-order valence-corrected chi connectivity index (χ2v) is 8.86. The number of nitrogen functional groups attached to an aromatic ring is 1. The molecule has 1 amide bonds. The Morgan fingerprint density at radius 1 is 1.31 bits per heavy atom. The molecule has 11 heteroatoms. The number of nitrogens with two attached hydrogens (primary N) is 1. The monoisotopic (exact) mass is 449 g/mol. The molecule has 1 aliphatic heterocycles. The maximum Gasteiger partial charge on any atom is 0.408 e. The maximum absolute atomic E-state index is 13.0. The van der Waals surface area contributed by atoms with Crippen molar-refractivity contribution in [2.45, 2.75) is 32.4 Å². The second kappa shape index (κ2) is 10.6. The van der Waals surface area contributed by atoms with Gasteiger partial charge in [-0.2, -0.15) is 0 Å². The van der Waals surface area contributed by atoms with Crippen LogP contribution in [-0.4, -0.2) is 63.2 Å². The first-order chi connectivity index (χ1) is 13.8. The Bertz CT molecular complexity index is 755. The van der Waals surface area contributed by atoms with E-state index in [1.807, 2.05) is 0 Å². The molecule has 1 fully saturated rings. The molecule has 1 aliphatic rings. The van der Waals surface area contributed by atoms with E-state index in [1.54, 1.807) is 25.6 Å². The fourth-order valence-electron chi connectivity index (χ4n) is 3.22. The van der Waals surface area contributed by atoms with Crippen LogP contribution in [0.25, 0.3) is 0 Å². The van der Waals surface area contributed by atoms with Crippen LogP contribution in [0.1, 0.15) is 30.6 Å². The third-order valence-electron chi connectivity index (χ3n) is 4.65. The van der Waals surface area contributed by atoms with E-state index in [0.29, 0.717) is 30.9 Å². The topological polar surface area (TPSA) is 112 Å². The van der Waals surface area contributed by atoms with Crippen molar-refractivity contribution in [2.24, 2.45) is 0 Å². The zero-order valence-electron chi connectivity index (χ0n) is 17.1. The molecule has 2 atom stereocenters. The molecule has 0 bridgehead atoms. The van der Waals surface area contributed by atoms with Crippen molar-refractivity contribution in [3.05, 3.63) is 22.7 Å². The van der Waals surface area contributed by atoms with E-state index in [1.165, 1.54) is 19.2 Å². The molecule has 29 heavy (non-hydrogen) atoms. The first-order valence-electron chi connectivity index (χ1n) is 9.40. The van der Waals surface area contributed by atoms with E-state index in [0.717, 1.165) is 0 Å². The quantitative estimate of drug-likeness (QED) is 0.437. The van der Waals surface area contributed by atoms with Crippen LogP contribution in [0.15, 0.2) is 12.1 Å². The number of hydrogen-bond acceptors (Lipinski definition) is 7. The molecule has 2 unspecified atom stereocenters. The molecule has 1 heterocycles. The minimum atomic E-state index is -3.40. The first kappa shape index (κ1) is 23.9. The van der Waals surface area contributed by atoms with Crippen LogP contribution >= 0.6 is 19.3 Å². The highest BCUT2D eigenvalue weighted by molar-refractivity contribution is 7.51. The molecule has 0 radical (unpaired) electrons. The largest absolute Gasteiger partial charge is 0.496 e. The van der Waals surface area contributed by atoms with Crippen molar-refractivity contribution < 1.29 is 27.9 Å². The van der Waals surface area contributed by atoms with Crippen LogP contribution < -0.4 is 15.8 Å². The predicted octanol–water partition coefficient (Wildman–Crippen LogP) is 2.93. The maximum atomic E-state index is 13.0. The van der Waals surface area contributed by atoms with Crippen molar-refractivity contribution in [1.29, 1.82) is 0 Å². The van der Waals surface area contributed by atoms with Gasteiger partial charge >= 0.3 is 7.75 Å². The van der Waals surface area contributed by atoms with Crippen molar-refractivity contribution in [3.63, 3.8) is 0 Å².